The minimum Gasteiger partial charge on any atom is -0.385 e. The Balaban J connectivity index is 2.24. The van der Waals surface area contributed by atoms with Gasteiger partial charge >= 0.3 is 0 Å². The maximum absolute atomic E-state index is 5.21. The highest BCUT2D eigenvalue weighted by molar-refractivity contribution is 5.73. The molecule has 21 heavy (non-hydrogen) atoms. The number of ether oxygens (including phenoxy) is 1. The van der Waals surface area contributed by atoms with Crippen molar-refractivity contribution in [2.24, 2.45) is 5.92 Å². The lowest BCUT2D eigenvalue weighted by molar-refractivity contribution is 0.169. The molecule has 4 heteroatoms. The number of para-hydroxylation sites is 2. The van der Waals surface area contributed by atoms with Gasteiger partial charge in [0.25, 0.3) is 0 Å². The number of benzene rings is 1. The molecule has 0 radical (unpaired) electrons. The number of nitrogens with one attached hydrogen (secondary N) is 1. The van der Waals surface area contributed by atoms with Gasteiger partial charge in [0.15, 0.2) is 0 Å². The second-order valence-electron chi connectivity index (χ2n) is 5.47. The molecule has 114 valence electrons. The summed E-state index contributed by atoms with van der Waals surface area (Å²) in [5, 5.41) is 3.60. The first-order valence-corrected chi connectivity index (χ1v) is 7.70. The van der Waals surface area contributed by atoms with Crippen LogP contribution in [-0.4, -0.2) is 30.2 Å². The largest absolute Gasteiger partial charge is 0.385 e. The number of rotatable bonds is 8. The third-order valence-electron chi connectivity index (χ3n) is 3.75. The van der Waals surface area contributed by atoms with Crippen LogP contribution in [0.5, 0.6) is 0 Å². The molecule has 1 heterocycles. The highest BCUT2D eigenvalue weighted by atomic mass is 16.5. The standard InChI is InChI=1S/C17H25N3O/c1-4-10-18-17(13(2)9-11-21-3)16-12-19-14-7-5-6-8-15(14)20-16/h5-8,12-13,17-18H,4,9-11H2,1-3H3. The van der Waals surface area contributed by atoms with Gasteiger partial charge in [0.05, 0.1) is 29.0 Å². The maximum Gasteiger partial charge on any atom is 0.0890 e. The third kappa shape index (κ3) is 4.22. The first-order chi connectivity index (χ1) is 10.3. The molecule has 2 atom stereocenters. The van der Waals surface area contributed by atoms with Crippen molar-refractivity contribution >= 4 is 11.0 Å². The van der Waals surface area contributed by atoms with E-state index in [1.54, 1.807) is 7.11 Å². The van der Waals surface area contributed by atoms with E-state index in [-0.39, 0.29) is 6.04 Å². The molecular weight excluding hydrogens is 262 g/mol. The van der Waals surface area contributed by atoms with Crippen LogP contribution in [0.2, 0.25) is 0 Å². The van der Waals surface area contributed by atoms with Crippen LogP contribution in [0.3, 0.4) is 0 Å². The van der Waals surface area contributed by atoms with Gasteiger partial charge in [-0.1, -0.05) is 26.0 Å². The second-order valence-corrected chi connectivity index (χ2v) is 5.47. The van der Waals surface area contributed by atoms with Crippen LogP contribution in [0.4, 0.5) is 0 Å². The number of aromatic nitrogens is 2. The van der Waals surface area contributed by atoms with Crippen molar-refractivity contribution in [3.8, 4) is 0 Å². The Bertz CT molecular complexity index is 558. The van der Waals surface area contributed by atoms with Crippen LogP contribution in [-0.2, 0) is 4.74 Å². The topological polar surface area (TPSA) is 47.0 Å². The molecule has 0 spiro atoms. The molecule has 1 aromatic carbocycles. The molecule has 2 rings (SSSR count). The quantitative estimate of drug-likeness (QED) is 0.809. The molecule has 4 nitrogen and oxygen atoms in total. The highest BCUT2D eigenvalue weighted by Crippen LogP contribution is 2.24. The summed E-state index contributed by atoms with van der Waals surface area (Å²) in [5.74, 6) is 0.451. The molecular formula is C17H25N3O. The maximum atomic E-state index is 5.21. The Labute approximate surface area is 127 Å². The minimum atomic E-state index is 0.220. The monoisotopic (exact) mass is 287 g/mol. The number of fused-ring (bicyclic) bond motifs is 1. The molecule has 2 aromatic rings. The van der Waals surface area contributed by atoms with E-state index in [0.717, 1.165) is 42.7 Å². The van der Waals surface area contributed by atoms with Crippen LogP contribution in [0, 0.1) is 5.92 Å². The van der Waals surface area contributed by atoms with Crippen molar-refractivity contribution in [2.45, 2.75) is 32.7 Å². The molecule has 1 N–H and O–H groups in total. The number of hydrogen-bond acceptors (Lipinski definition) is 4. The zero-order valence-electron chi connectivity index (χ0n) is 13.2. The first-order valence-electron chi connectivity index (χ1n) is 7.70. The molecule has 0 aliphatic carbocycles. The first kappa shape index (κ1) is 15.9. The summed E-state index contributed by atoms with van der Waals surface area (Å²) in [5.41, 5.74) is 2.92. The summed E-state index contributed by atoms with van der Waals surface area (Å²) >= 11 is 0. The van der Waals surface area contributed by atoms with Gasteiger partial charge in [-0.15, -0.1) is 0 Å². The average Bonchev–Trinajstić information content (AvgIpc) is 2.53. The summed E-state index contributed by atoms with van der Waals surface area (Å²) in [4.78, 5) is 9.33. The summed E-state index contributed by atoms with van der Waals surface area (Å²) in [7, 11) is 1.75. The lowest BCUT2D eigenvalue weighted by Gasteiger charge is -2.24. The number of methoxy groups -OCH3 is 1. The summed E-state index contributed by atoms with van der Waals surface area (Å²) < 4.78 is 5.21. The van der Waals surface area contributed by atoms with Crippen molar-refractivity contribution in [3.63, 3.8) is 0 Å². The van der Waals surface area contributed by atoms with Crippen LogP contribution in [0.15, 0.2) is 30.5 Å². The van der Waals surface area contributed by atoms with Crippen molar-refractivity contribution in [3.05, 3.63) is 36.2 Å². The zero-order valence-corrected chi connectivity index (χ0v) is 13.2. The van der Waals surface area contributed by atoms with Gasteiger partial charge in [-0.3, -0.25) is 4.98 Å². The lowest BCUT2D eigenvalue weighted by atomic mass is 9.95. The molecule has 0 fully saturated rings. The van der Waals surface area contributed by atoms with Gasteiger partial charge in [-0.05, 0) is 37.4 Å². The number of hydrogen-bond donors (Lipinski definition) is 1. The normalized spacial score (nSPS) is 14.2. The van der Waals surface area contributed by atoms with Crippen molar-refractivity contribution in [1.29, 1.82) is 0 Å². The van der Waals surface area contributed by atoms with Gasteiger partial charge in [0.1, 0.15) is 0 Å². The molecule has 1 aromatic heterocycles. The fraction of sp³-hybridized carbons (Fsp3) is 0.529. The zero-order chi connectivity index (χ0) is 15.1. The molecule has 0 amide bonds. The molecule has 0 aliphatic heterocycles. The fourth-order valence-electron chi connectivity index (χ4n) is 2.49. The highest BCUT2D eigenvalue weighted by Gasteiger charge is 2.20. The van der Waals surface area contributed by atoms with E-state index in [1.165, 1.54) is 0 Å². The van der Waals surface area contributed by atoms with E-state index in [9.17, 15) is 0 Å². The molecule has 0 aliphatic rings. The van der Waals surface area contributed by atoms with E-state index in [4.69, 9.17) is 9.72 Å². The van der Waals surface area contributed by atoms with Crippen molar-refractivity contribution in [2.75, 3.05) is 20.3 Å². The summed E-state index contributed by atoms with van der Waals surface area (Å²) in [6, 6.07) is 8.23. The molecule has 2 unspecified atom stereocenters. The van der Waals surface area contributed by atoms with Crippen LogP contribution >= 0.6 is 0 Å². The molecule has 0 saturated heterocycles. The van der Waals surface area contributed by atoms with Gasteiger partial charge in [-0.2, -0.15) is 0 Å². The lowest BCUT2D eigenvalue weighted by Crippen LogP contribution is -2.29. The van der Waals surface area contributed by atoms with E-state index < -0.39 is 0 Å². The predicted molar refractivity (Wildman–Crippen MR) is 86.2 cm³/mol. The SMILES string of the molecule is CCCNC(c1cnc2ccccc2n1)C(C)CCOC. The van der Waals surface area contributed by atoms with Crippen LogP contribution < -0.4 is 5.32 Å². The van der Waals surface area contributed by atoms with E-state index >= 15 is 0 Å². The third-order valence-corrected chi connectivity index (χ3v) is 3.75. The molecule has 0 bridgehead atoms. The summed E-state index contributed by atoms with van der Waals surface area (Å²) in [6.07, 6.45) is 4.01. The summed E-state index contributed by atoms with van der Waals surface area (Å²) in [6.45, 7) is 6.17. The van der Waals surface area contributed by atoms with Gasteiger partial charge in [0.2, 0.25) is 0 Å². The van der Waals surface area contributed by atoms with Gasteiger partial charge in [0, 0.05) is 13.7 Å². The average molecular weight is 287 g/mol. The van der Waals surface area contributed by atoms with Crippen LogP contribution in [0.1, 0.15) is 38.4 Å². The van der Waals surface area contributed by atoms with Gasteiger partial charge in [-0.25, -0.2) is 4.98 Å². The minimum absolute atomic E-state index is 0.220. The van der Waals surface area contributed by atoms with E-state index in [0.29, 0.717) is 5.92 Å². The van der Waals surface area contributed by atoms with E-state index in [1.807, 2.05) is 30.5 Å². The Kier molecular flexibility index (Phi) is 6.08. The fourth-order valence-corrected chi connectivity index (χ4v) is 2.49. The predicted octanol–water partition coefficient (Wildman–Crippen LogP) is 3.34. The Morgan fingerprint density at radius 3 is 2.71 bits per heavy atom. The Morgan fingerprint density at radius 1 is 1.24 bits per heavy atom. The van der Waals surface area contributed by atoms with E-state index in [2.05, 4.69) is 24.1 Å². The second kappa shape index (κ2) is 8.05. The smallest absolute Gasteiger partial charge is 0.0890 e. The van der Waals surface area contributed by atoms with Gasteiger partial charge < -0.3 is 10.1 Å². The number of nitrogens with zero attached hydrogens (tertiary/aromatic N) is 2. The van der Waals surface area contributed by atoms with Crippen molar-refractivity contribution in [1.82, 2.24) is 15.3 Å². The molecule has 0 saturated carbocycles. The Morgan fingerprint density at radius 2 is 2.00 bits per heavy atom. The Hall–Kier alpha value is -1.52. The van der Waals surface area contributed by atoms with Crippen molar-refractivity contribution < 1.29 is 4.74 Å². The van der Waals surface area contributed by atoms with Crippen LogP contribution in [0.25, 0.3) is 11.0 Å².